The van der Waals surface area contributed by atoms with E-state index in [2.05, 4.69) is 5.32 Å². The Morgan fingerprint density at radius 3 is 2.26 bits per heavy atom. The van der Waals surface area contributed by atoms with Crippen molar-refractivity contribution in [2.75, 3.05) is 0 Å². The molecule has 2 rings (SSSR count). The van der Waals surface area contributed by atoms with Gasteiger partial charge in [0.25, 0.3) is 11.8 Å². The molecule has 1 atom stereocenters. The number of amides is 2. The van der Waals surface area contributed by atoms with Crippen LogP contribution in [0.2, 0.25) is 10.2 Å². The Kier molecular flexibility index (Phi) is 5.30. The summed E-state index contributed by atoms with van der Waals surface area (Å²) in [5.41, 5.74) is 3.03. The van der Waals surface area contributed by atoms with Gasteiger partial charge in [0.05, 0.1) is 11.1 Å². The fraction of sp³-hybridized carbons (Fsp3) is 0.200. The Morgan fingerprint density at radius 1 is 1.17 bits per heavy atom. The maximum absolute atomic E-state index is 12.3. The van der Waals surface area contributed by atoms with Gasteiger partial charge in [0.2, 0.25) is 0 Å². The minimum Gasteiger partial charge on any atom is -0.344 e. The van der Waals surface area contributed by atoms with Crippen molar-refractivity contribution < 1.29 is 14.8 Å². The molecular formula is C15H15Cl2N3O3. The molecule has 0 radical (unpaired) electrons. The molecular weight excluding hydrogens is 341 g/mol. The zero-order valence-electron chi connectivity index (χ0n) is 12.4. The Balaban J connectivity index is 2.12. The molecule has 8 heteroatoms. The van der Waals surface area contributed by atoms with Gasteiger partial charge in [-0.2, -0.15) is 0 Å². The molecule has 0 saturated heterocycles. The molecule has 0 bridgehead atoms. The minimum atomic E-state index is -0.596. The average Bonchev–Trinajstić information content (AvgIpc) is 2.81. The van der Waals surface area contributed by atoms with Crippen molar-refractivity contribution in [2.45, 2.75) is 13.0 Å². The van der Waals surface area contributed by atoms with Crippen LogP contribution >= 0.6 is 23.2 Å². The van der Waals surface area contributed by atoms with Gasteiger partial charge < -0.3 is 9.88 Å². The lowest BCUT2D eigenvalue weighted by atomic mass is 10.1. The lowest BCUT2D eigenvalue weighted by Crippen LogP contribution is -2.28. The van der Waals surface area contributed by atoms with Gasteiger partial charge in [-0.1, -0.05) is 35.3 Å². The number of carbonyl (C=O) groups excluding carboxylic acids is 2. The van der Waals surface area contributed by atoms with Crippen molar-refractivity contribution >= 4 is 35.0 Å². The van der Waals surface area contributed by atoms with E-state index < -0.39 is 5.91 Å². The van der Waals surface area contributed by atoms with Gasteiger partial charge >= 0.3 is 0 Å². The number of hydrogen-bond donors (Lipinski definition) is 3. The van der Waals surface area contributed by atoms with Crippen LogP contribution in [-0.2, 0) is 7.05 Å². The summed E-state index contributed by atoms with van der Waals surface area (Å²) >= 11 is 11.9. The van der Waals surface area contributed by atoms with E-state index in [1.165, 1.54) is 10.6 Å². The molecule has 3 N–H and O–H groups in total. The van der Waals surface area contributed by atoms with Crippen LogP contribution in [0.4, 0.5) is 0 Å². The monoisotopic (exact) mass is 355 g/mol. The molecule has 1 aromatic carbocycles. The Bertz CT molecular complexity index is 741. The molecule has 0 aliphatic carbocycles. The molecule has 2 aromatic rings. The number of rotatable bonds is 4. The molecule has 0 aliphatic heterocycles. The fourth-order valence-corrected chi connectivity index (χ4v) is 2.48. The SMILES string of the molecule is CC(NC(=O)c1cc(Cl)c(Cl)n1C)c1ccc(C(=O)NO)cc1. The summed E-state index contributed by atoms with van der Waals surface area (Å²) < 4.78 is 1.50. The minimum absolute atomic E-state index is 0.291. The molecule has 1 unspecified atom stereocenters. The molecule has 23 heavy (non-hydrogen) atoms. The predicted octanol–water partition coefficient (Wildman–Crippen LogP) is 2.94. The summed E-state index contributed by atoms with van der Waals surface area (Å²) in [6.45, 7) is 1.81. The van der Waals surface area contributed by atoms with E-state index in [0.29, 0.717) is 21.4 Å². The van der Waals surface area contributed by atoms with E-state index in [4.69, 9.17) is 28.4 Å². The lowest BCUT2D eigenvalue weighted by Gasteiger charge is -2.15. The Hall–Kier alpha value is -2.02. The zero-order valence-corrected chi connectivity index (χ0v) is 13.9. The maximum Gasteiger partial charge on any atom is 0.274 e. The standard InChI is InChI=1S/C15H15Cl2N3O3/c1-8(9-3-5-10(6-4-9)14(21)19-23)18-15(22)12-7-11(16)13(17)20(12)2/h3-8,23H,1-2H3,(H,18,22)(H,19,21). The van der Waals surface area contributed by atoms with Gasteiger partial charge in [0.15, 0.2) is 0 Å². The van der Waals surface area contributed by atoms with Crippen molar-refractivity contribution in [3.63, 3.8) is 0 Å². The fourth-order valence-electron chi connectivity index (χ4n) is 2.10. The number of nitrogens with one attached hydrogen (secondary N) is 2. The van der Waals surface area contributed by atoms with E-state index in [9.17, 15) is 9.59 Å². The topological polar surface area (TPSA) is 83.4 Å². The van der Waals surface area contributed by atoms with Crippen LogP contribution in [0.5, 0.6) is 0 Å². The summed E-state index contributed by atoms with van der Waals surface area (Å²) in [4.78, 5) is 23.6. The van der Waals surface area contributed by atoms with Gasteiger partial charge in [-0.3, -0.25) is 14.8 Å². The van der Waals surface area contributed by atoms with Crippen molar-refractivity contribution in [2.24, 2.45) is 7.05 Å². The lowest BCUT2D eigenvalue weighted by molar-refractivity contribution is 0.0706. The van der Waals surface area contributed by atoms with Crippen LogP contribution in [0, 0.1) is 0 Å². The number of benzene rings is 1. The van der Waals surface area contributed by atoms with Crippen LogP contribution < -0.4 is 10.8 Å². The second kappa shape index (κ2) is 7.04. The summed E-state index contributed by atoms with van der Waals surface area (Å²) in [6, 6.07) is 7.71. The molecule has 0 spiro atoms. The summed E-state index contributed by atoms with van der Waals surface area (Å²) in [6.07, 6.45) is 0. The first-order valence-electron chi connectivity index (χ1n) is 6.71. The van der Waals surface area contributed by atoms with Crippen molar-refractivity contribution in [1.29, 1.82) is 0 Å². The summed E-state index contributed by atoms with van der Waals surface area (Å²) in [5.74, 6) is -0.910. The maximum atomic E-state index is 12.3. The second-order valence-electron chi connectivity index (χ2n) is 4.99. The molecule has 0 saturated carbocycles. The van der Waals surface area contributed by atoms with Gasteiger partial charge in [0, 0.05) is 12.6 Å². The smallest absolute Gasteiger partial charge is 0.274 e. The van der Waals surface area contributed by atoms with Gasteiger partial charge in [-0.25, -0.2) is 5.48 Å². The highest BCUT2D eigenvalue weighted by Gasteiger charge is 2.18. The van der Waals surface area contributed by atoms with Crippen LogP contribution in [0.3, 0.4) is 0 Å². The first-order valence-corrected chi connectivity index (χ1v) is 7.46. The van der Waals surface area contributed by atoms with Gasteiger partial charge in [-0.15, -0.1) is 0 Å². The number of hydroxylamine groups is 1. The average molecular weight is 356 g/mol. The third-order valence-corrected chi connectivity index (χ3v) is 4.31. The van der Waals surface area contributed by atoms with E-state index in [1.54, 1.807) is 36.8 Å². The highest BCUT2D eigenvalue weighted by molar-refractivity contribution is 6.41. The quantitative estimate of drug-likeness (QED) is 0.582. The second-order valence-corrected chi connectivity index (χ2v) is 5.75. The Morgan fingerprint density at radius 2 is 1.78 bits per heavy atom. The molecule has 1 heterocycles. The highest BCUT2D eigenvalue weighted by Crippen LogP contribution is 2.25. The van der Waals surface area contributed by atoms with E-state index in [0.717, 1.165) is 5.56 Å². The number of nitrogens with zero attached hydrogens (tertiary/aromatic N) is 1. The normalized spacial score (nSPS) is 11.9. The van der Waals surface area contributed by atoms with Crippen LogP contribution in [-0.4, -0.2) is 21.6 Å². The van der Waals surface area contributed by atoms with Crippen LogP contribution in [0.1, 0.15) is 39.4 Å². The summed E-state index contributed by atoms with van der Waals surface area (Å²) in [5, 5.41) is 12.0. The van der Waals surface area contributed by atoms with Crippen molar-refractivity contribution in [3.05, 3.63) is 57.3 Å². The van der Waals surface area contributed by atoms with Gasteiger partial charge in [-0.05, 0) is 30.7 Å². The first kappa shape index (κ1) is 17.3. The third-order valence-electron chi connectivity index (χ3n) is 3.47. The first-order chi connectivity index (χ1) is 10.8. The summed E-state index contributed by atoms with van der Waals surface area (Å²) in [7, 11) is 1.65. The molecule has 6 nitrogen and oxygen atoms in total. The number of halogens is 2. The largest absolute Gasteiger partial charge is 0.344 e. The number of aromatic nitrogens is 1. The third kappa shape index (κ3) is 3.67. The molecule has 122 valence electrons. The van der Waals surface area contributed by atoms with Crippen molar-refractivity contribution in [1.82, 2.24) is 15.4 Å². The Labute approximate surface area is 143 Å². The number of carbonyl (C=O) groups is 2. The van der Waals surface area contributed by atoms with E-state index in [-0.39, 0.29) is 11.9 Å². The van der Waals surface area contributed by atoms with Crippen LogP contribution in [0.15, 0.2) is 30.3 Å². The predicted molar refractivity (Wildman–Crippen MR) is 87.0 cm³/mol. The van der Waals surface area contributed by atoms with Crippen molar-refractivity contribution in [3.8, 4) is 0 Å². The molecule has 1 aromatic heterocycles. The molecule has 2 amide bonds. The molecule has 0 aliphatic rings. The van der Waals surface area contributed by atoms with Gasteiger partial charge in [0.1, 0.15) is 10.8 Å². The highest BCUT2D eigenvalue weighted by atomic mass is 35.5. The van der Waals surface area contributed by atoms with Crippen LogP contribution in [0.25, 0.3) is 0 Å². The van der Waals surface area contributed by atoms with E-state index in [1.807, 2.05) is 6.92 Å². The van der Waals surface area contributed by atoms with E-state index >= 15 is 0 Å². The number of hydrogen-bond acceptors (Lipinski definition) is 3. The zero-order chi connectivity index (χ0) is 17.1. The molecule has 0 fully saturated rings.